The highest BCUT2D eigenvalue weighted by Crippen LogP contribution is 2.18. The van der Waals surface area contributed by atoms with E-state index in [2.05, 4.69) is 21.3 Å². The average molecular weight is 516 g/mol. The van der Waals surface area contributed by atoms with Gasteiger partial charge in [-0.3, -0.25) is 24.0 Å². The summed E-state index contributed by atoms with van der Waals surface area (Å²) >= 11 is 0. The molecule has 2 heterocycles. The Morgan fingerprint density at radius 3 is 2.65 bits per heavy atom. The number of nitrogens with zero attached hydrogens (tertiary/aromatic N) is 1. The van der Waals surface area contributed by atoms with E-state index in [1.807, 2.05) is 13.8 Å². The first-order valence-electron chi connectivity index (χ1n) is 12.9. The summed E-state index contributed by atoms with van der Waals surface area (Å²) < 4.78 is 5.74. The van der Waals surface area contributed by atoms with Crippen molar-refractivity contribution < 1.29 is 28.7 Å². The molecule has 37 heavy (non-hydrogen) atoms. The number of fused-ring (bicyclic) bond motifs is 1. The van der Waals surface area contributed by atoms with E-state index >= 15 is 0 Å². The van der Waals surface area contributed by atoms with Crippen LogP contribution in [-0.2, 0) is 19.2 Å². The molecule has 2 aliphatic rings. The molecule has 0 radical (unpaired) electrons. The van der Waals surface area contributed by atoms with Crippen molar-refractivity contribution in [1.29, 1.82) is 0 Å². The van der Waals surface area contributed by atoms with Crippen LogP contribution < -0.4 is 26.0 Å². The average Bonchev–Trinajstić information content (AvgIpc) is 3.28. The molecule has 3 rings (SSSR count). The van der Waals surface area contributed by atoms with Crippen molar-refractivity contribution in [2.24, 2.45) is 5.92 Å². The first kappa shape index (κ1) is 27.9. The molecule has 1 aromatic carbocycles. The number of carbonyl (C=O) groups is 5. The zero-order chi connectivity index (χ0) is 26.8. The van der Waals surface area contributed by atoms with E-state index in [0.29, 0.717) is 31.7 Å². The summed E-state index contributed by atoms with van der Waals surface area (Å²) in [7, 11) is 0. The third-order valence-corrected chi connectivity index (χ3v) is 6.41. The summed E-state index contributed by atoms with van der Waals surface area (Å²) in [5, 5.41) is 11.0. The van der Waals surface area contributed by atoms with Gasteiger partial charge in [0, 0.05) is 32.5 Å². The van der Waals surface area contributed by atoms with Crippen molar-refractivity contribution in [2.75, 3.05) is 32.8 Å². The maximum atomic E-state index is 13.1. The third-order valence-electron chi connectivity index (χ3n) is 6.41. The van der Waals surface area contributed by atoms with Crippen LogP contribution in [0, 0.1) is 5.92 Å². The van der Waals surface area contributed by atoms with Gasteiger partial charge >= 0.3 is 0 Å². The van der Waals surface area contributed by atoms with Gasteiger partial charge in [-0.15, -0.1) is 0 Å². The number of rotatable bonds is 6. The number of benzene rings is 1. The van der Waals surface area contributed by atoms with Gasteiger partial charge in [-0.1, -0.05) is 26.0 Å². The summed E-state index contributed by atoms with van der Waals surface area (Å²) in [5.74, 6) is -1.33. The normalized spacial score (nSPS) is 21.6. The van der Waals surface area contributed by atoms with Crippen molar-refractivity contribution in [3.63, 3.8) is 0 Å². The van der Waals surface area contributed by atoms with E-state index in [0.717, 1.165) is 13.0 Å². The first-order chi connectivity index (χ1) is 17.8. The lowest BCUT2D eigenvalue weighted by molar-refractivity contribution is -0.130. The van der Waals surface area contributed by atoms with Crippen molar-refractivity contribution in [2.45, 2.75) is 58.0 Å². The molecule has 0 spiro atoms. The minimum atomic E-state index is -0.976. The van der Waals surface area contributed by atoms with Gasteiger partial charge in [0.1, 0.15) is 24.4 Å². The quantitative estimate of drug-likeness (QED) is 0.402. The Bertz CT molecular complexity index is 997. The molecule has 0 aromatic heterocycles. The minimum absolute atomic E-state index is 0.0451. The predicted molar refractivity (Wildman–Crippen MR) is 136 cm³/mol. The van der Waals surface area contributed by atoms with E-state index in [9.17, 15) is 24.0 Å². The number of amides is 5. The molecule has 2 atom stereocenters. The molecule has 202 valence electrons. The van der Waals surface area contributed by atoms with Crippen molar-refractivity contribution in [1.82, 2.24) is 26.2 Å². The van der Waals surface area contributed by atoms with Crippen LogP contribution >= 0.6 is 0 Å². The van der Waals surface area contributed by atoms with Crippen LogP contribution in [0.4, 0.5) is 0 Å². The molecule has 0 saturated carbocycles. The van der Waals surface area contributed by atoms with E-state index < -0.39 is 23.9 Å². The second kappa shape index (κ2) is 13.6. The second-order valence-electron chi connectivity index (χ2n) is 9.62. The monoisotopic (exact) mass is 515 g/mol. The van der Waals surface area contributed by atoms with Gasteiger partial charge < -0.3 is 30.9 Å². The van der Waals surface area contributed by atoms with Crippen LogP contribution in [0.5, 0.6) is 5.75 Å². The minimum Gasteiger partial charge on any atom is -0.491 e. The number of hydrogen-bond acceptors (Lipinski definition) is 6. The molecule has 5 amide bonds. The van der Waals surface area contributed by atoms with Gasteiger partial charge in [-0.05, 0) is 37.3 Å². The van der Waals surface area contributed by atoms with E-state index in [1.165, 1.54) is 0 Å². The smallest absolute Gasteiger partial charge is 0.255 e. The molecule has 1 saturated heterocycles. The van der Waals surface area contributed by atoms with Crippen LogP contribution in [0.25, 0.3) is 0 Å². The summed E-state index contributed by atoms with van der Waals surface area (Å²) in [5.41, 5.74) is 0.249. The van der Waals surface area contributed by atoms with Gasteiger partial charge in [-0.25, -0.2) is 0 Å². The maximum Gasteiger partial charge on any atom is 0.255 e. The van der Waals surface area contributed by atoms with Crippen molar-refractivity contribution in [3.05, 3.63) is 29.8 Å². The Morgan fingerprint density at radius 2 is 1.92 bits per heavy atom. The Kier molecular flexibility index (Phi) is 10.3. The van der Waals surface area contributed by atoms with Gasteiger partial charge in [-0.2, -0.15) is 0 Å². The fourth-order valence-corrected chi connectivity index (χ4v) is 4.33. The summed E-state index contributed by atoms with van der Waals surface area (Å²) in [6, 6.07) is 4.94. The molecular formula is C26H37N5O6. The topological polar surface area (TPSA) is 146 Å². The SMILES string of the molecule is CC(C)[C@H]1NC(=O)CC[C@@H](C(=O)NCCCN2CCCC2=O)NC(=O)c2ccccc2OCCNC1=O. The van der Waals surface area contributed by atoms with Gasteiger partial charge in [0.2, 0.25) is 23.6 Å². The van der Waals surface area contributed by atoms with E-state index in [4.69, 9.17) is 4.74 Å². The summed E-state index contributed by atoms with van der Waals surface area (Å²) in [6.07, 6.45) is 1.98. The Hall–Kier alpha value is -3.63. The predicted octanol–water partition coefficient (Wildman–Crippen LogP) is 0.343. The molecule has 0 aliphatic carbocycles. The number of nitrogens with one attached hydrogen (secondary N) is 4. The summed E-state index contributed by atoms with van der Waals surface area (Å²) in [6.45, 7) is 5.60. The molecule has 0 unspecified atom stereocenters. The van der Waals surface area contributed by atoms with Crippen molar-refractivity contribution >= 4 is 29.5 Å². The zero-order valence-electron chi connectivity index (χ0n) is 21.5. The van der Waals surface area contributed by atoms with Gasteiger partial charge in [0.25, 0.3) is 5.91 Å². The molecule has 0 bridgehead atoms. The molecule has 11 heteroatoms. The highest BCUT2D eigenvalue weighted by molar-refractivity contribution is 5.99. The highest BCUT2D eigenvalue weighted by atomic mass is 16.5. The number of likely N-dealkylation sites (tertiary alicyclic amines) is 1. The number of ether oxygens (including phenoxy) is 1. The van der Waals surface area contributed by atoms with Crippen LogP contribution in [0.2, 0.25) is 0 Å². The largest absolute Gasteiger partial charge is 0.491 e. The number of hydrogen-bond donors (Lipinski definition) is 4. The van der Waals surface area contributed by atoms with Crippen LogP contribution in [-0.4, -0.2) is 79.3 Å². The Balaban J connectivity index is 1.70. The fourth-order valence-electron chi connectivity index (χ4n) is 4.33. The number of carbonyl (C=O) groups excluding carboxylic acids is 5. The third kappa shape index (κ3) is 8.19. The van der Waals surface area contributed by atoms with Gasteiger partial charge in [0.05, 0.1) is 12.1 Å². The Labute approximate surface area is 217 Å². The zero-order valence-corrected chi connectivity index (χ0v) is 21.5. The van der Waals surface area contributed by atoms with Crippen LogP contribution in [0.15, 0.2) is 24.3 Å². The van der Waals surface area contributed by atoms with E-state index in [-0.39, 0.29) is 55.2 Å². The van der Waals surface area contributed by atoms with Crippen LogP contribution in [0.3, 0.4) is 0 Å². The molecular weight excluding hydrogens is 478 g/mol. The molecule has 11 nitrogen and oxygen atoms in total. The second-order valence-corrected chi connectivity index (χ2v) is 9.62. The van der Waals surface area contributed by atoms with Crippen molar-refractivity contribution in [3.8, 4) is 5.75 Å². The van der Waals surface area contributed by atoms with Crippen LogP contribution in [0.1, 0.15) is 56.3 Å². The molecule has 2 aliphatic heterocycles. The lowest BCUT2D eigenvalue weighted by atomic mass is 10.0. The molecule has 1 aromatic rings. The fraction of sp³-hybridized carbons (Fsp3) is 0.577. The lowest BCUT2D eigenvalue weighted by Gasteiger charge is -2.22. The molecule has 1 fully saturated rings. The standard InChI is InChI=1S/C26H37N5O6/c1-17(2)23-26(36)28-13-16-37-20-8-4-3-7-18(20)24(34)29-19(10-11-21(32)30-23)25(35)27-12-6-15-31-14-5-9-22(31)33/h3-4,7-8,17,19,23H,5-6,9-16H2,1-2H3,(H,27,35)(H,28,36)(H,29,34)(H,30,32)/t19-,23+/m0/s1. The van der Waals surface area contributed by atoms with E-state index in [1.54, 1.807) is 29.2 Å². The van der Waals surface area contributed by atoms with Gasteiger partial charge in [0.15, 0.2) is 0 Å². The maximum absolute atomic E-state index is 13.1. The number of para-hydroxylation sites is 1. The summed E-state index contributed by atoms with van der Waals surface area (Å²) in [4.78, 5) is 65.0. The first-order valence-corrected chi connectivity index (χ1v) is 12.9. The highest BCUT2D eigenvalue weighted by Gasteiger charge is 2.27. The lowest BCUT2D eigenvalue weighted by Crippen LogP contribution is -2.51. The molecule has 4 N–H and O–H groups in total. The Morgan fingerprint density at radius 1 is 1.14 bits per heavy atom.